The van der Waals surface area contributed by atoms with Crippen molar-refractivity contribution in [3.05, 3.63) is 54.1 Å². The number of hydrogen-bond donors (Lipinski definition) is 2. The SMILES string of the molecule is Cc1cccc(Oc2ccc(S(=O)(=O)NC3CCNC3)cc2)c1. The van der Waals surface area contributed by atoms with E-state index in [2.05, 4.69) is 10.0 Å². The lowest BCUT2D eigenvalue weighted by Crippen LogP contribution is -2.36. The first-order valence-corrected chi connectivity index (χ1v) is 9.09. The Bertz CT molecular complexity index is 767. The summed E-state index contributed by atoms with van der Waals surface area (Å²) in [5.41, 5.74) is 1.11. The van der Waals surface area contributed by atoms with E-state index >= 15 is 0 Å². The Balaban J connectivity index is 1.71. The minimum Gasteiger partial charge on any atom is -0.457 e. The highest BCUT2D eigenvalue weighted by Crippen LogP contribution is 2.23. The third-order valence-corrected chi connectivity index (χ3v) is 5.28. The summed E-state index contributed by atoms with van der Waals surface area (Å²) in [6.07, 6.45) is 0.813. The van der Waals surface area contributed by atoms with E-state index in [1.165, 1.54) is 0 Å². The molecule has 5 nitrogen and oxygen atoms in total. The van der Waals surface area contributed by atoms with Gasteiger partial charge in [-0.2, -0.15) is 0 Å². The first-order chi connectivity index (χ1) is 11.0. The van der Waals surface area contributed by atoms with E-state index in [4.69, 9.17) is 4.74 Å². The van der Waals surface area contributed by atoms with Crippen LogP contribution in [-0.4, -0.2) is 27.5 Å². The molecule has 0 saturated carbocycles. The smallest absolute Gasteiger partial charge is 0.240 e. The van der Waals surface area contributed by atoms with Crippen LogP contribution in [0.4, 0.5) is 0 Å². The molecule has 1 aliphatic heterocycles. The summed E-state index contributed by atoms with van der Waals surface area (Å²) in [4.78, 5) is 0.251. The zero-order chi connectivity index (χ0) is 16.3. The molecule has 0 spiro atoms. The van der Waals surface area contributed by atoms with E-state index in [1.54, 1.807) is 24.3 Å². The van der Waals surface area contributed by atoms with E-state index in [1.807, 2.05) is 31.2 Å². The summed E-state index contributed by atoms with van der Waals surface area (Å²) in [5, 5.41) is 3.14. The molecule has 1 atom stereocenters. The summed E-state index contributed by atoms with van der Waals surface area (Å²) >= 11 is 0. The summed E-state index contributed by atoms with van der Waals surface area (Å²) in [6.45, 7) is 3.51. The number of ether oxygens (including phenoxy) is 1. The Hall–Kier alpha value is -1.89. The highest BCUT2D eigenvalue weighted by molar-refractivity contribution is 7.89. The second-order valence-corrected chi connectivity index (χ2v) is 7.41. The van der Waals surface area contributed by atoms with Gasteiger partial charge in [0, 0.05) is 12.6 Å². The maximum atomic E-state index is 12.3. The minimum absolute atomic E-state index is 0.0387. The number of aryl methyl sites for hydroxylation is 1. The van der Waals surface area contributed by atoms with Crippen molar-refractivity contribution < 1.29 is 13.2 Å². The van der Waals surface area contributed by atoms with Crippen LogP contribution in [0.5, 0.6) is 11.5 Å². The van der Waals surface area contributed by atoms with Gasteiger partial charge in [0.25, 0.3) is 0 Å². The van der Waals surface area contributed by atoms with Crippen LogP contribution in [0.3, 0.4) is 0 Å². The molecule has 1 unspecified atom stereocenters. The summed E-state index contributed by atoms with van der Waals surface area (Å²) in [7, 11) is -3.49. The topological polar surface area (TPSA) is 67.4 Å². The van der Waals surface area contributed by atoms with Crippen molar-refractivity contribution in [2.75, 3.05) is 13.1 Å². The Kier molecular flexibility index (Phi) is 4.66. The van der Waals surface area contributed by atoms with Gasteiger partial charge in [-0.1, -0.05) is 12.1 Å². The quantitative estimate of drug-likeness (QED) is 0.882. The molecule has 0 aromatic heterocycles. The lowest BCUT2D eigenvalue weighted by molar-refractivity contribution is 0.481. The lowest BCUT2D eigenvalue weighted by atomic mass is 10.2. The van der Waals surface area contributed by atoms with Crippen LogP contribution in [-0.2, 0) is 10.0 Å². The van der Waals surface area contributed by atoms with E-state index < -0.39 is 10.0 Å². The molecular formula is C17H20N2O3S. The zero-order valence-electron chi connectivity index (χ0n) is 13.0. The molecule has 3 rings (SSSR count). The van der Waals surface area contributed by atoms with Gasteiger partial charge in [0.15, 0.2) is 0 Å². The Morgan fingerprint density at radius 1 is 1.13 bits per heavy atom. The monoisotopic (exact) mass is 332 g/mol. The second kappa shape index (κ2) is 6.70. The van der Waals surface area contributed by atoms with Crippen molar-refractivity contribution in [2.24, 2.45) is 0 Å². The molecule has 2 N–H and O–H groups in total. The molecule has 0 bridgehead atoms. The molecule has 6 heteroatoms. The zero-order valence-corrected chi connectivity index (χ0v) is 13.8. The number of hydrogen-bond acceptors (Lipinski definition) is 4. The van der Waals surface area contributed by atoms with Gasteiger partial charge in [-0.3, -0.25) is 0 Å². The molecule has 2 aromatic rings. The number of benzene rings is 2. The highest BCUT2D eigenvalue weighted by atomic mass is 32.2. The van der Waals surface area contributed by atoms with Crippen LogP contribution in [0, 0.1) is 6.92 Å². The normalized spacial score (nSPS) is 18.0. The van der Waals surface area contributed by atoms with Crippen molar-refractivity contribution in [1.29, 1.82) is 0 Å². The van der Waals surface area contributed by atoms with Gasteiger partial charge in [0.2, 0.25) is 10.0 Å². The van der Waals surface area contributed by atoms with Crippen molar-refractivity contribution in [3.63, 3.8) is 0 Å². The van der Waals surface area contributed by atoms with Crippen LogP contribution < -0.4 is 14.8 Å². The van der Waals surface area contributed by atoms with E-state index in [0.29, 0.717) is 12.3 Å². The molecule has 0 radical (unpaired) electrons. The molecule has 1 fully saturated rings. The molecule has 1 saturated heterocycles. The summed E-state index contributed by atoms with van der Waals surface area (Å²) in [5.74, 6) is 1.34. The molecule has 1 heterocycles. The van der Waals surface area contributed by atoms with Crippen molar-refractivity contribution >= 4 is 10.0 Å². The minimum atomic E-state index is -3.49. The first kappa shape index (κ1) is 16.0. The van der Waals surface area contributed by atoms with Gasteiger partial charge in [0.1, 0.15) is 11.5 Å². The molecule has 1 aliphatic rings. The maximum absolute atomic E-state index is 12.3. The van der Waals surface area contributed by atoms with Crippen LogP contribution in [0.25, 0.3) is 0 Å². The fourth-order valence-electron chi connectivity index (χ4n) is 2.54. The molecule has 0 aliphatic carbocycles. The van der Waals surface area contributed by atoms with Crippen molar-refractivity contribution in [2.45, 2.75) is 24.3 Å². The van der Waals surface area contributed by atoms with Gasteiger partial charge in [-0.15, -0.1) is 0 Å². The highest BCUT2D eigenvalue weighted by Gasteiger charge is 2.22. The largest absolute Gasteiger partial charge is 0.457 e. The van der Waals surface area contributed by atoms with Gasteiger partial charge < -0.3 is 10.1 Å². The maximum Gasteiger partial charge on any atom is 0.240 e. The Labute approximate surface area is 136 Å². The van der Waals surface area contributed by atoms with Crippen LogP contribution in [0.15, 0.2) is 53.4 Å². The average Bonchev–Trinajstić information content (AvgIpc) is 3.00. The van der Waals surface area contributed by atoms with E-state index in [-0.39, 0.29) is 10.9 Å². The van der Waals surface area contributed by atoms with Crippen molar-refractivity contribution in [3.8, 4) is 11.5 Å². The summed E-state index contributed by atoms with van der Waals surface area (Å²) in [6, 6.07) is 14.1. The van der Waals surface area contributed by atoms with Gasteiger partial charge in [-0.05, 0) is 61.9 Å². The fourth-order valence-corrected chi connectivity index (χ4v) is 3.81. The van der Waals surface area contributed by atoms with Crippen LogP contribution in [0.1, 0.15) is 12.0 Å². The molecule has 23 heavy (non-hydrogen) atoms. The van der Waals surface area contributed by atoms with Crippen LogP contribution >= 0.6 is 0 Å². The lowest BCUT2D eigenvalue weighted by Gasteiger charge is -2.12. The van der Waals surface area contributed by atoms with Gasteiger partial charge in [-0.25, -0.2) is 13.1 Å². The van der Waals surface area contributed by atoms with Gasteiger partial charge >= 0.3 is 0 Å². The standard InChI is InChI=1S/C17H20N2O3S/c1-13-3-2-4-16(11-13)22-15-5-7-17(8-6-15)23(20,21)19-14-9-10-18-12-14/h2-8,11,14,18-19H,9-10,12H2,1H3. The molecule has 122 valence electrons. The summed E-state index contributed by atoms with van der Waals surface area (Å²) < 4.78 is 33.1. The van der Waals surface area contributed by atoms with Gasteiger partial charge in [0.05, 0.1) is 4.90 Å². The molecular weight excluding hydrogens is 312 g/mol. The van der Waals surface area contributed by atoms with E-state index in [0.717, 1.165) is 24.3 Å². The predicted octanol–water partition coefficient (Wildman–Crippen LogP) is 2.43. The Morgan fingerprint density at radius 3 is 2.57 bits per heavy atom. The van der Waals surface area contributed by atoms with Crippen molar-refractivity contribution in [1.82, 2.24) is 10.0 Å². The molecule has 2 aromatic carbocycles. The third-order valence-electron chi connectivity index (χ3n) is 3.74. The third kappa shape index (κ3) is 4.10. The predicted molar refractivity (Wildman–Crippen MR) is 89.3 cm³/mol. The average molecular weight is 332 g/mol. The first-order valence-electron chi connectivity index (χ1n) is 7.60. The van der Waals surface area contributed by atoms with E-state index in [9.17, 15) is 8.42 Å². The second-order valence-electron chi connectivity index (χ2n) is 5.70. The number of rotatable bonds is 5. The van der Waals surface area contributed by atoms with Crippen LogP contribution in [0.2, 0.25) is 0 Å². The fraction of sp³-hybridized carbons (Fsp3) is 0.294. The number of nitrogens with one attached hydrogen (secondary N) is 2. The number of sulfonamides is 1. The Morgan fingerprint density at radius 2 is 1.91 bits per heavy atom. The molecule has 0 amide bonds.